The topological polar surface area (TPSA) is 61.6 Å². The van der Waals surface area contributed by atoms with Crippen molar-refractivity contribution in [3.05, 3.63) is 28.3 Å². The van der Waals surface area contributed by atoms with Gasteiger partial charge in [-0.05, 0) is 45.5 Å². The molecule has 0 radical (unpaired) electrons. The Morgan fingerprint density at radius 2 is 2.00 bits per heavy atom. The average Bonchev–Trinajstić information content (AvgIpc) is 2.40. The maximum absolute atomic E-state index is 11.4. The maximum atomic E-state index is 11.4. The van der Waals surface area contributed by atoms with Crippen LogP contribution in [0.2, 0.25) is 0 Å². The van der Waals surface area contributed by atoms with E-state index in [0.717, 1.165) is 19.4 Å². The van der Waals surface area contributed by atoms with Crippen LogP contribution in [-0.4, -0.2) is 50.1 Å². The van der Waals surface area contributed by atoms with Crippen LogP contribution < -0.4 is 10.2 Å². The van der Waals surface area contributed by atoms with Crippen LogP contribution in [0, 0.1) is 10.1 Å². The van der Waals surface area contributed by atoms with E-state index in [2.05, 4.69) is 24.3 Å². The minimum absolute atomic E-state index is 0.137. The molecule has 0 aromatic heterocycles. The number of nitro benzene ring substituents is 1. The lowest BCUT2D eigenvalue weighted by molar-refractivity contribution is -0.383. The molecule has 1 N–H and O–H groups in total. The van der Waals surface area contributed by atoms with E-state index in [1.165, 1.54) is 6.42 Å². The highest BCUT2D eigenvalue weighted by atomic mass is 16.6. The molecule has 116 valence electrons. The molecule has 0 aliphatic heterocycles. The summed E-state index contributed by atoms with van der Waals surface area (Å²) < 4.78 is 0. The fourth-order valence-corrected chi connectivity index (χ4v) is 3.09. The fourth-order valence-electron chi connectivity index (χ4n) is 3.09. The van der Waals surface area contributed by atoms with Crippen molar-refractivity contribution in [3.8, 4) is 0 Å². The van der Waals surface area contributed by atoms with Gasteiger partial charge >= 0.3 is 5.69 Å². The van der Waals surface area contributed by atoms with E-state index in [-0.39, 0.29) is 16.1 Å². The molecular formula is C15H24N4O2. The first-order chi connectivity index (χ1) is 9.91. The van der Waals surface area contributed by atoms with E-state index in [1.807, 2.05) is 24.1 Å². The minimum Gasteiger partial charge on any atom is -0.382 e. The zero-order valence-corrected chi connectivity index (χ0v) is 13.2. The fraction of sp³-hybridized carbons (Fsp3) is 0.600. The molecule has 1 aromatic carbocycles. The number of benzene rings is 1. The van der Waals surface area contributed by atoms with Crippen molar-refractivity contribution in [3.63, 3.8) is 0 Å². The van der Waals surface area contributed by atoms with Crippen LogP contribution in [0.15, 0.2) is 18.2 Å². The summed E-state index contributed by atoms with van der Waals surface area (Å²) in [7, 11) is 7.82. The van der Waals surface area contributed by atoms with E-state index in [4.69, 9.17) is 0 Å². The van der Waals surface area contributed by atoms with Crippen molar-refractivity contribution in [1.82, 2.24) is 4.90 Å². The Morgan fingerprint density at radius 3 is 2.43 bits per heavy atom. The van der Waals surface area contributed by atoms with Gasteiger partial charge in [0, 0.05) is 26.2 Å². The van der Waals surface area contributed by atoms with Gasteiger partial charge < -0.3 is 15.1 Å². The van der Waals surface area contributed by atoms with Gasteiger partial charge in [-0.3, -0.25) is 10.1 Å². The largest absolute Gasteiger partial charge is 0.382 e. The van der Waals surface area contributed by atoms with Gasteiger partial charge in [0.05, 0.1) is 4.92 Å². The minimum atomic E-state index is -0.305. The zero-order chi connectivity index (χ0) is 15.6. The Bertz CT molecular complexity index is 526. The molecule has 0 bridgehead atoms. The normalized spacial score (nSPS) is 16.4. The molecule has 21 heavy (non-hydrogen) atoms. The Kier molecular flexibility index (Phi) is 4.37. The third-order valence-corrected chi connectivity index (χ3v) is 4.64. The van der Waals surface area contributed by atoms with Crippen molar-refractivity contribution in [2.24, 2.45) is 0 Å². The van der Waals surface area contributed by atoms with E-state index < -0.39 is 0 Å². The molecule has 6 heteroatoms. The molecule has 0 amide bonds. The van der Waals surface area contributed by atoms with Gasteiger partial charge in [0.25, 0.3) is 0 Å². The lowest BCUT2D eigenvalue weighted by Gasteiger charge is -2.49. The molecule has 0 saturated heterocycles. The molecule has 1 aromatic rings. The molecule has 0 spiro atoms. The molecule has 6 nitrogen and oxygen atoms in total. The number of anilines is 2. The van der Waals surface area contributed by atoms with Gasteiger partial charge in [-0.1, -0.05) is 6.07 Å². The highest BCUT2D eigenvalue weighted by molar-refractivity contribution is 5.76. The Morgan fingerprint density at radius 1 is 1.33 bits per heavy atom. The third-order valence-electron chi connectivity index (χ3n) is 4.64. The number of nitrogens with zero attached hydrogens (tertiary/aromatic N) is 3. The molecule has 2 rings (SSSR count). The van der Waals surface area contributed by atoms with Crippen molar-refractivity contribution >= 4 is 17.1 Å². The number of nitro groups is 1. The molecule has 0 atom stereocenters. The standard InChI is InChI=1S/C15H24N4O2/c1-16-12-7-5-8-13(14(12)19(20)21)18(4)11-15(17(2)3)9-6-10-15/h5,7-8,16H,6,9-11H2,1-4H3. The lowest BCUT2D eigenvalue weighted by atomic mass is 9.75. The SMILES string of the molecule is CNc1cccc(N(C)CC2(N(C)C)CCC2)c1[N+](=O)[O-]. The summed E-state index contributed by atoms with van der Waals surface area (Å²) in [6.45, 7) is 0.800. The lowest BCUT2D eigenvalue weighted by Crippen LogP contribution is -2.56. The second kappa shape index (κ2) is 5.89. The number of nitrogens with one attached hydrogen (secondary N) is 1. The first-order valence-electron chi connectivity index (χ1n) is 7.25. The summed E-state index contributed by atoms with van der Waals surface area (Å²) in [4.78, 5) is 15.4. The Balaban J connectivity index is 2.31. The smallest absolute Gasteiger partial charge is 0.315 e. The van der Waals surface area contributed by atoms with Gasteiger partial charge in [-0.25, -0.2) is 0 Å². The summed E-state index contributed by atoms with van der Waals surface area (Å²) in [6.07, 6.45) is 3.51. The van der Waals surface area contributed by atoms with Crippen LogP contribution in [0.25, 0.3) is 0 Å². The molecule has 0 unspecified atom stereocenters. The summed E-state index contributed by atoms with van der Waals surface area (Å²) in [5.41, 5.74) is 1.51. The third kappa shape index (κ3) is 2.81. The van der Waals surface area contributed by atoms with Crippen LogP contribution in [-0.2, 0) is 0 Å². The van der Waals surface area contributed by atoms with E-state index >= 15 is 0 Å². The number of hydrogen-bond acceptors (Lipinski definition) is 5. The second-order valence-corrected chi connectivity index (χ2v) is 6.01. The molecule has 1 aliphatic carbocycles. The van der Waals surface area contributed by atoms with Crippen LogP contribution in [0.1, 0.15) is 19.3 Å². The average molecular weight is 292 g/mol. The molecular weight excluding hydrogens is 268 g/mol. The monoisotopic (exact) mass is 292 g/mol. The van der Waals surface area contributed by atoms with Crippen molar-refractivity contribution in [1.29, 1.82) is 0 Å². The molecule has 0 heterocycles. The Hall–Kier alpha value is -1.82. The van der Waals surface area contributed by atoms with Gasteiger partial charge in [-0.15, -0.1) is 0 Å². The molecule has 1 aliphatic rings. The number of para-hydroxylation sites is 1. The van der Waals surface area contributed by atoms with Crippen LogP contribution in [0.4, 0.5) is 17.1 Å². The van der Waals surface area contributed by atoms with Gasteiger partial charge in [0.15, 0.2) is 0 Å². The van der Waals surface area contributed by atoms with Crippen LogP contribution in [0.3, 0.4) is 0 Å². The van der Waals surface area contributed by atoms with Crippen LogP contribution in [0.5, 0.6) is 0 Å². The van der Waals surface area contributed by atoms with Gasteiger partial charge in [0.2, 0.25) is 0 Å². The summed E-state index contributed by atoms with van der Waals surface area (Å²) in [5, 5.41) is 14.3. The zero-order valence-electron chi connectivity index (χ0n) is 13.2. The van der Waals surface area contributed by atoms with E-state index in [0.29, 0.717) is 11.4 Å². The van der Waals surface area contributed by atoms with Gasteiger partial charge in [-0.2, -0.15) is 0 Å². The first kappa shape index (κ1) is 15.6. The predicted octanol–water partition coefficient (Wildman–Crippen LogP) is 2.56. The summed E-state index contributed by atoms with van der Waals surface area (Å²) >= 11 is 0. The summed E-state index contributed by atoms with van der Waals surface area (Å²) in [5.74, 6) is 0. The van der Waals surface area contributed by atoms with Gasteiger partial charge in [0.1, 0.15) is 11.4 Å². The first-order valence-corrected chi connectivity index (χ1v) is 7.25. The molecule has 1 saturated carbocycles. The molecule has 1 fully saturated rings. The quantitative estimate of drug-likeness (QED) is 0.645. The summed E-state index contributed by atoms with van der Waals surface area (Å²) in [6, 6.07) is 5.41. The maximum Gasteiger partial charge on any atom is 0.315 e. The van der Waals surface area contributed by atoms with Crippen LogP contribution >= 0.6 is 0 Å². The van der Waals surface area contributed by atoms with E-state index in [1.54, 1.807) is 13.1 Å². The number of likely N-dealkylation sites (N-methyl/N-ethyl adjacent to an activating group) is 2. The number of hydrogen-bond donors (Lipinski definition) is 1. The highest BCUT2D eigenvalue weighted by Crippen LogP contribution is 2.40. The number of rotatable bonds is 6. The van der Waals surface area contributed by atoms with Crippen molar-refractivity contribution in [2.75, 3.05) is 45.0 Å². The Labute approximate surface area is 125 Å². The highest BCUT2D eigenvalue weighted by Gasteiger charge is 2.40. The van der Waals surface area contributed by atoms with Crippen molar-refractivity contribution in [2.45, 2.75) is 24.8 Å². The van der Waals surface area contributed by atoms with Crippen molar-refractivity contribution < 1.29 is 4.92 Å². The predicted molar refractivity (Wildman–Crippen MR) is 86.2 cm³/mol. The van der Waals surface area contributed by atoms with E-state index in [9.17, 15) is 10.1 Å². The second-order valence-electron chi connectivity index (χ2n) is 6.01.